The molecule has 2 aliphatic rings. The summed E-state index contributed by atoms with van der Waals surface area (Å²) in [7, 11) is 4.57. The molecule has 2 fully saturated rings. The van der Waals surface area contributed by atoms with Gasteiger partial charge in [-0.3, -0.25) is 14.4 Å². The lowest BCUT2D eigenvalue weighted by Gasteiger charge is -2.29. The molecule has 0 spiro atoms. The molecule has 0 unspecified atom stereocenters. The van der Waals surface area contributed by atoms with Gasteiger partial charge in [0.1, 0.15) is 5.92 Å². The molecule has 9 heteroatoms. The summed E-state index contributed by atoms with van der Waals surface area (Å²) in [5.41, 5.74) is 1.83. The molecule has 2 aliphatic heterocycles. The highest BCUT2D eigenvalue weighted by molar-refractivity contribution is 6.31. The summed E-state index contributed by atoms with van der Waals surface area (Å²) in [6.07, 6.45) is -0.998. The van der Waals surface area contributed by atoms with Crippen molar-refractivity contribution in [2.24, 2.45) is 5.92 Å². The number of hydroxylamine groups is 1. The Morgan fingerprint density at radius 2 is 1.43 bits per heavy atom. The summed E-state index contributed by atoms with van der Waals surface area (Å²) in [6, 6.07) is 18.8. The Morgan fingerprint density at radius 1 is 0.800 bits per heavy atom. The van der Waals surface area contributed by atoms with Gasteiger partial charge in [0.25, 0.3) is 5.91 Å². The van der Waals surface area contributed by atoms with Crippen molar-refractivity contribution in [3.8, 4) is 17.2 Å². The predicted octanol–water partition coefficient (Wildman–Crippen LogP) is 4.42. The van der Waals surface area contributed by atoms with Crippen LogP contribution in [0.25, 0.3) is 0 Å². The third-order valence-corrected chi connectivity index (χ3v) is 6.49. The molecule has 35 heavy (non-hydrogen) atoms. The summed E-state index contributed by atoms with van der Waals surface area (Å²) in [5, 5.41) is 2.13. The van der Waals surface area contributed by atoms with Gasteiger partial charge in [-0.15, -0.1) is 0 Å². The van der Waals surface area contributed by atoms with Gasteiger partial charge in [0.15, 0.2) is 17.6 Å². The van der Waals surface area contributed by atoms with Gasteiger partial charge >= 0.3 is 0 Å². The lowest BCUT2D eigenvalue weighted by atomic mass is 9.90. The molecule has 0 bridgehead atoms. The fraction of sp³-hybridized carbons (Fsp3) is 0.231. The van der Waals surface area contributed by atoms with Crippen LogP contribution in [-0.4, -0.2) is 39.2 Å². The molecule has 3 atom stereocenters. The normalized spacial score (nSPS) is 21.3. The number of benzene rings is 3. The van der Waals surface area contributed by atoms with E-state index in [1.165, 1.54) is 26.2 Å². The van der Waals surface area contributed by atoms with E-state index in [2.05, 4.69) is 0 Å². The third kappa shape index (κ3) is 3.75. The maximum Gasteiger partial charge on any atom is 0.266 e. The van der Waals surface area contributed by atoms with E-state index in [9.17, 15) is 9.59 Å². The van der Waals surface area contributed by atoms with Crippen molar-refractivity contribution in [1.82, 2.24) is 0 Å². The number of nitrogens with zero attached hydrogens (tertiary/aromatic N) is 2. The molecule has 2 saturated heterocycles. The second-order valence-corrected chi connectivity index (χ2v) is 8.54. The Balaban J connectivity index is 1.64. The lowest BCUT2D eigenvalue weighted by molar-refractivity contribution is -0.126. The fourth-order valence-corrected chi connectivity index (χ4v) is 4.79. The van der Waals surface area contributed by atoms with Gasteiger partial charge < -0.3 is 14.2 Å². The van der Waals surface area contributed by atoms with Crippen molar-refractivity contribution in [2.45, 2.75) is 12.1 Å². The fourth-order valence-electron chi connectivity index (χ4n) is 4.67. The molecule has 0 radical (unpaired) electrons. The smallest absolute Gasteiger partial charge is 0.266 e. The monoisotopic (exact) mass is 494 g/mol. The first kappa shape index (κ1) is 23.0. The molecule has 5 rings (SSSR count). The van der Waals surface area contributed by atoms with Crippen LogP contribution in [0.4, 0.5) is 11.4 Å². The summed E-state index contributed by atoms with van der Waals surface area (Å²) in [4.78, 5) is 34.5. The zero-order valence-corrected chi connectivity index (χ0v) is 20.1. The van der Waals surface area contributed by atoms with Crippen LogP contribution in [0.1, 0.15) is 11.6 Å². The van der Waals surface area contributed by atoms with Gasteiger partial charge in [-0.1, -0.05) is 29.8 Å². The molecule has 180 valence electrons. The van der Waals surface area contributed by atoms with E-state index in [0.717, 1.165) is 0 Å². The predicted molar refractivity (Wildman–Crippen MR) is 130 cm³/mol. The average molecular weight is 495 g/mol. The summed E-state index contributed by atoms with van der Waals surface area (Å²) >= 11 is 6.01. The summed E-state index contributed by atoms with van der Waals surface area (Å²) in [5.74, 6) is -0.301. The Hall–Kier alpha value is -3.75. The van der Waals surface area contributed by atoms with Crippen molar-refractivity contribution in [2.75, 3.05) is 31.3 Å². The first-order chi connectivity index (χ1) is 17.0. The third-order valence-electron chi connectivity index (χ3n) is 6.24. The van der Waals surface area contributed by atoms with Crippen molar-refractivity contribution < 1.29 is 28.6 Å². The zero-order valence-electron chi connectivity index (χ0n) is 19.3. The minimum Gasteiger partial charge on any atom is -0.493 e. The van der Waals surface area contributed by atoms with E-state index in [1.54, 1.807) is 41.5 Å². The van der Waals surface area contributed by atoms with E-state index >= 15 is 0 Å². The average Bonchev–Trinajstić information content (AvgIpc) is 3.40. The Bertz CT molecular complexity index is 1240. The lowest BCUT2D eigenvalue weighted by Crippen LogP contribution is -2.37. The second kappa shape index (κ2) is 9.13. The van der Waals surface area contributed by atoms with E-state index in [-0.39, 0.29) is 5.91 Å². The van der Waals surface area contributed by atoms with E-state index in [1.807, 2.05) is 30.3 Å². The maximum atomic E-state index is 13.8. The maximum absolute atomic E-state index is 13.8. The molecule has 2 amide bonds. The van der Waals surface area contributed by atoms with Gasteiger partial charge in [-0.05, 0) is 54.1 Å². The van der Waals surface area contributed by atoms with Gasteiger partial charge in [-0.2, -0.15) is 0 Å². The topological polar surface area (TPSA) is 77.5 Å². The minimum atomic E-state index is -0.998. The van der Waals surface area contributed by atoms with Crippen LogP contribution < -0.4 is 24.2 Å². The highest BCUT2D eigenvalue weighted by atomic mass is 35.5. The number of amides is 2. The van der Waals surface area contributed by atoms with Crippen LogP contribution in [0.15, 0.2) is 66.7 Å². The number of hydrogen-bond donors (Lipinski definition) is 0. The highest BCUT2D eigenvalue weighted by Gasteiger charge is 2.60. The largest absolute Gasteiger partial charge is 0.493 e. The number of para-hydroxylation sites is 1. The van der Waals surface area contributed by atoms with Crippen LogP contribution in [0.2, 0.25) is 5.02 Å². The number of carbonyl (C=O) groups excluding carboxylic acids is 2. The number of hydrogen-bond acceptors (Lipinski definition) is 7. The molecule has 8 nitrogen and oxygen atoms in total. The number of fused-ring (bicyclic) bond motifs is 1. The standard InChI is InChI=1S/C26H23ClN2O6/c1-32-19-13-15(14-20(33-2)23(19)34-3)22-21-24(35-29(22)18-7-5-4-6-8-18)26(31)28(25(21)30)17-11-9-16(27)10-12-17/h4-14,21-22,24H,1-3H3/t21-,22-,24+/m1/s1. The Labute approximate surface area is 207 Å². The minimum absolute atomic E-state index is 0.362. The number of anilines is 2. The molecular weight excluding hydrogens is 472 g/mol. The van der Waals surface area contributed by atoms with Crippen molar-refractivity contribution in [1.29, 1.82) is 0 Å². The van der Waals surface area contributed by atoms with Crippen molar-refractivity contribution >= 4 is 34.8 Å². The second-order valence-electron chi connectivity index (χ2n) is 8.10. The molecule has 0 aliphatic carbocycles. The molecular formula is C26H23ClN2O6. The Kier molecular flexibility index (Phi) is 6.00. The molecule has 3 aromatic carbocycles. The quantitative estimate of drug-likeness (QED) is 0.469. The van der Waals surface area contributed by atoms with Gasteiger partial charge in [0.05, 0.1) is 38.7 Å². The SMILES string of the molecule is COc1cc([C@@H]2[C@H]3C(=O)N(c4ccc(Cl)cc4)C(=O)[C@H]3ON2c2ccccc2)cc(OC)c1OC. The zero-order chi connectivity index (χ0) is 24.7. The van der Waals surface area contributed by atoms with Crippen molar-refractivity contribution in [3.63, 3.8) is 0 Å². The van der Waals surface area contributed by atoms with Crippen molar-refractivity contribution in [3.05, 3.63) is 77.3 Å². The van der Waals surface area contributed by atoms with Crippen LogP contribution >= 0.6 is 11.6 Å². The van der Waals surface area contributed by atoms with Crippen LogP contribution in [-0.2, 0) is 14.4 Å². The van der Waals surface area contributed by atoms with Gasteiger partial charge in [0, 0.05) is 5.02 Å². The molecule has 2 heterocycles. The Morgan fingerprint density at radius 3 is 2.00 bits per heavy atom. The number of halogens is 1. The summed E-state index contributed by atoms with van der Waals surface area (Å²) in [6.45, 7) is 0. The number of ether oxygens (including phenoxy) is 3. The highest BCUT2D eigenvalue weighted by Crippen LogP contribution is 2.50. The van der Waals surface area contributed by atoms with E-state index in [0.29, 0.717) is 39.2 Å². The van der Waals surface area contributed by atoms with E-state index < -0.39 is 24.0 Å². The molecule has 0 aromatic heterocycles. The number of methoxy groups -OCH3 is 3. The first-order valence-corrected chi connectivity index (χ1v) is 11.3. The van der Waals surface area contributed by atoms with Crippen LogP contribution in [0.3, 0.4) is 0 Å². The van der Waals surface area contributed by atoms with E-state index in [4.69, 9.17) is 30.6 Å². The number of imide groups is 1. The molecule has 0 saturated carbocycles. The van der Waals surface area contributed by atoms with Crippen LogP contribution in [0, 0.1) is 5.92 Å². The summed E-state index contributed by atoms with van der Waals surface area (Å²) < 4.78 is 16.5. The van der Waals surface area contributed by atoms with Gasteiger partial charge in [0.2, 0.25) is 11.7 Å². The molecule has 0 N–H and O–H groups in total. The molecule has 3 aromatic rings. The van der Waals surface area contributed by atoms with Gasteiger partial charge in [-0.25, -0.2) is 9.96 Å². The van der Waals surface area contributed by atoms with Crippen LogP contribution in [0.5, 0.6) is 17.2 Å². The number of carbonyl (C=O) groups is 2. The first-order valence-electron chi connectivity index (χ1n) is 10.9. The number of rotatable bonds is 6.